The standard InChI is InChI=1S/C21H21N3O3/c1-3-24(14-20(25)23-17-10-6-7-11-19(17)27-2)21(26)18-13-12-15-8-4-5-9-16(15)22-18/h4-13H,3,14H2,1-2H3,(H,23,25). The van der Waals surface area contributed by atoms with Crippen LogP contribution >= 0.6 is 0 Å². The van der Waals surface area contributed by atoms with Gasteiger partial charge in [0.05, 0.1) is 18.3 Å². The van der Waals surface area contributed by atoms with Gasteiger partial charge in [0.15, 0.2) is 0 Å². The number of benzene rings is 2. The van der Waals surface area contributed by atoms with Crippen molar-refractivity contribution in [2.24, 2.45) is 0 Å². The Balaban J connectivity index is 1.73. The molecule has 0 unspecified atom stereocenters. The van der Waals surface area contributed by atoms with E-state index in [1.165, 1.54) is 12.0 Å². The number of nitrogens with zero attached hydrogens (tertiary/aromatic N) is 2. The van der Waals surface area contributed by atoms with Crippen molar-refractivity contribution < 1.29 is 14.3 Å². The molecule has 6 nitrogen and oxygen atoms in total. The minimum Gasteiger partial charge on any atom is -0.495 e. The average Bonchev–Trinajstić information content (AvgIpc) is 2.71. The van der Waals surface area contributed by atoms with E-state index >= 15 is 0 Å². The fraction of sp³-hybridized carbons (Fsp3) is 0.190. The minimum absolute atomic E-state index is 0.0676. The summed E-state index contributed by atoms with van der Waals surface area (Å²) >= 11 is 0. The molecular formula is C21H21N3O3. The summed E-state index contributed by atoms with van der Waals surface area (Å²) in [6.45, 7) is 2.16. The molecular weight excluding hydrogens is 342 g/mol. The molecule has 138 valence electrons. The second-order valence-electron chi connectivity index (χ2n) is 5.96. The van der Waals surface area contributed by atoms with Crippen LogP contribution in [0.2, 0.25) is 0 Å². The van der Waals surface area contributed by atoms with Crippen LogP contribution in [0, 0.1) is 0 Å². The van der Waals surface area contributed by atoms with E-state index in [4.69, 9.17) is 4.74 Å². The van der Waals surface area contributed by atoms with Gasteiger partial charge in [-0.05, 0) is 31.2 Å². The largest absolute Gasteiger partial charge is 0.495 e. The number of para-hydroxylation sites is 3. The summed E-state index contributed by atoms with van der Waals surface area (Å²) in [5.41, 5.74) is 1.64. The van der Waals surface area contributed by atoms with Gasteiger partial charge in [0.1, 0.15) is 18.0 Å². The first-order valence-electron chi connectivity index (χ1n) is 8.70. The summed E-state index contributed by atoms with van der Waals surface area (Å²) in [6, 6.07) is 18.3. The molecule has 0 saturated heterocycles. The molecule has 0 atom stereocenters. The Labute approximate surface area is 157 Å². The third kappa shape index (κ3) is 4.23. The number of hydrogen-bond donors (Lipinski definition) is 1. The maximum atomic E-state index is 12.8. The molecule has 1 N–H and O–H groups in total. The van der Waals surface area contributed by atoms with E-state index in [2.05, 4.69) is 10.3 Å². The van der Waals surface area contributed by atoms with Gasteiger partial charge in [0.25, 0.3) is 5.91 Å². The SMILES string of the molecule is CCN(CC(=O)Nc1ccccc1OC)C(=O)c1ccc2ccccc2n1. The van der Waals surface area contributed by atoms with Crippen LogP contribution < -0.4 is 10.1 Å². The molecule has 0 aliphatic heterocycles. The van der Waals surface area contributed by atoms with Gasteiger partial charge >= 0.3 is 0 Å². The highest BCUT2D eigenvalue weighted by Gasteiger charge is 2.19. The van der Waals surface area contributed by atoms with Crippen molar-refractivity contribution in [2.75, 3.05) is 25.5 Å². The quantitative estimate of drug-likeness (QED) is 0.729. The smallest absolute Gasteiger partial charge is 0.272 e. The number of nitrogens with one attached hydrogen (secondary N) is 1. The Morgan fingerprint density at radius 3 is 2.56 bits per heavy atom. The third-order valence-electron chi connectivity index (χ3n) is 4.20. The van der Waals surface area contributed by atoms with E-state index < -0.39 is 0 Å². The first-order chi connectivity index (χ1) is 13.1. The Bertz CT molecular complexity index is 972. The van der Waals surface area contributed by atoms with Gasteiger partial charge in [-0.25, -0.2) is 4.98 Å². The molecule has 0 saturated carbocycles. The van der Waals surface area contributed by atoms with Crippen molar-refractivity contribution in [1.82, 2.24) is 9.88 Å². The Morgan fingerprint density at radius 1 is 1.04 bits per heavy atom. The van der Waals surface area contributed by atoms with E-state index in [1.54, 1.807) is 24.3 Å². The summed E-state index contributed by atoms with van der Waals surface area (Å²) in [5, 5.41) is 3.75. The summed E-state index contributed by atoms with van der Waals surface area (Å²) in [4.78, 5) is 31.1. The zero-order valence-electron chi connectivity index (χ0n) is 15.3. The number of carbonyl (C=O) groups excluding carboxylic acids is 2. The van der Waals surface area contributed by atoms with Gasteiger partial charge in [-0.15, -0.1) is 0 Å². The van der Waals surface area contributed by atoms with Crippen molar-refractivity contribution in [3.63, 3.8) is 0 Å². The molecule has 3 rings (SSSR count). The number of carbonyl (C=O) groups is 2. The molecule has 0 radical (unpaired) electrons. The number of hydrogen-bond acceptors (Lipinski definition) is 4. The molecule has 0 aliphatic rings. The lowest BCUT2D eigenvalue weighted by atomic mass is 10.2. The molecule has 1 heterocycles. The highest BCUT2D eigenvalue weighted by Crippen LogP contribution is 2.23. The van der Waals surface area contributed by atoms with Crippen molar-refractivity contribution in [3.8, 4) is 5.75 Å². The van der Waals surface area contributed by atoms with E-state index in [1.807, 2.05) is 43.3 Å². The van der Waals surface area contributed by atoms with Crippen molar-refractivity contribution in [3.05, 3.63) is 66.4 Å². The number of pyridine rings is 1. The summed E-state index contributed by atoms with van der Waals surface area (Å²) < 4.78 is 5.23. The predicted octanol–water partition coefficient (Wildman–Crippen LogP) is 3.34. The van der Waals surface area contributed by atoms with E-state index in [9.17, 15) is 9.59 Å². The summed E-state index contributed by atoms with van der Waals surface area (Å²) in [6.07, 6.45) is 0. The van der Waals surface area contributed by atoms with Crippen LogP contribution in [0.3, 0.4) is 0 Å². The minimum atomic E-state index is -0.296. The number of aromatic nitrogens is 1. The normalized spacial score (nSPS) is 10.4. The highest BCUT2D eigenvalue weighted by atomic mass is 16.5. The Kier molecular flexibility index (Phi) is 5.66. The zero-order valence-corrected chi connectivity index (χ0v) is 15.3. The van der Waals surface area contributed by atoms with Crippen LogP contribution in [0.4, 0.5) is 5.69 Å². The maximum Gasteiger partial charge on any atom is 0.272 e. The third-order valence-corrected chi connectivity index (χ3v) is 4.20. The van der Waals surface area contributed by atoms with E-state index in [0.717, 1.165) is 10.9 Å². The average molecular weight is 363 g/mol. The van der Waals surface area contributed by atoms with Crippen molar-refractivity contribution in [2.45, 2.75) is 6.92 Å². The van der Waals surface area contributed by atoms with Crippen LogP contribution in [0.1, 0.15) is 17.4 Å². The second kappa shape index (κ2) is 8.31. The maximum absolute atomic E-state index is 12.8. The van der Waals surface area contributed by atoms with E-state index in [0.29, 0.717) is 23.7 Å². The molecule has 27 heavy (non-hydrogen) atoms. The molecule has 6 heteroatoms. The molecule has 0 aliphatic carbocycles. The monoisotopic (exact) mass is 363 g/mol. The number of amides is 2. The van der Waals surface area contributed by atoms with Gasteiger partial charge in [0.2, 0.25) is 5.91 Å². The fourth-order valence-electron chi connectivity index (χ4n) is 2.79. The Hall–Kier alpha value is -3.41. The van der Waals surface area contributed by atoms with Gasteiger partial charge in [0, 0.05) is 11.9 Å². The van der Waals surface area contributed by atoms with Crippen LogP contribution in [0.15, 0.2) is 60.7 Å². The molecule has 0 fully saturated rings. The molecule has 2 aromatic carbocycles. The number of methoxy groups -OCH3 is 1. The molecule has 0 bridgehead atoms. The van der Waals surface area contributed by atoms with Gasteiger partial charge < -0.3 is 15.0 Å². The highest BCUT2D eigenvalue weighted by molar-refractivity contribution is 6.00. The van der Waals surface area contributed by atoms with Gasteiger partial charge in [-0.2, -0.15) is 0 Å². The topological polar surface area (TPSA) is 71.5 Å². The van der Waals surface area contributed by atoms with Crippen LogP contribution in [0.25, 0.3) is 10.9 Å². The summed E-state index contributed by atoms with van der Waals surface area (Å²) in [7, 11) is 1.54. The first-order valence-corrected chi connectivity index (χ1v) is 8.70. The van der Waals surface area contributed by atoms with Gasteiger partial charge in [-0.1, -0.05) is 36.4 Å². The fourth-order valence-corrected chi connectivity index (χ4v) is 2.79. The molecule has 0 spiro atoms. The predicted molar refractivity (Wildman–Crippen MR) is 105 cm³/mol. The van der Waals surface area contributed by atoms with Crippen LogP contribution in [0.5, 0.6) is 5.75 Å². The lowest BCUT2D eigenvalue weighted by molar-refractivity contribution is -0.116. The molecule has 1 aromatic heterocycles. The molecule has 3 aromatic rings. The lowest BCUT2D eigenvalue weighted by Gasteiger charge is -2.20. The van der Waals surface area contributed by atoms with Crippen molar-refractivity contribution in [1.29, 1.82) is 0 Å². The Morgan fingerprint density at radius 2 is 1.78 bits per heavy atom. The van der Waals surface area contributed by atoms with E-state index in [-0.39, 0.29) is 18.4 Å². The van der Waals surface area contributed by atoms with Crippen LogP contribution in [-0.2, 0) is 4.79 Å². The van der Waals surface area contributed by atoms with Crippen molar-refractivity contribution >= 4 is 28.4 Å². The first kappa shape index (κ1) is 18.4. The number of likely N-dealkylation sites (N-methyl/N-ethyl adjacent to an activating group) is 1. The number of ether oxygens (including phenoxy) is 1. The number of anilines is 1. The zero-order chi connectivity index (χ0) is 19.2. The number of rotatable bonds is 6. The van der Waals surface area contributed by atoms with Gasteiger partial charge in [-0.3, -0.25) is 9.59 Å². The lowest BCUT2D eigenvalue weighted by Crippen LogP contribution is -2.38. The summed E-state index contributed by atoms with van der Waals surface area (Å²) in [5.74, 6) is -0.00894. The van der Waals surface area contributed by atoms with Crippen LogP contribution in [-0.4, -0.2) is 41.9 Å². The number of fused-ring (bicyclic) bond motifs is 1. The second-order valence-corrected chi connectivity index (χ2v) is 5.96. The molecule has 2 amide bonds.